The summed E-state index contributed by atoms with van der Waals surface area (Å²) < 4.78 is 0. The first-order valence-electron chi connectivity index (χ1n) is 5.62. The zero-order valence-corrected chi connectivity index (χ0v) is 9.29. The highest BCUT2D eigenvalue weighted by Gasteiger charge is 2.20. The molecule has 1 saturated heterocycles. The summed E-state index contributed by atoms with van der Waals surface area (Å²) in [5.74, 6) is 0. The highest BCUT2D eigenvalue weighted by Crippen LogP contribution is 2.09. The van der Waals surface area contributed by atoms with Crippen molar-refractivity contribution in [2.75, 3.05) is 19.6 Å². The van der Waals surface area contributed by atoms with Crippen LogP contribution in [-0.4, -0.2) is 36.6 Å². The number of rotatable bonds is 3. The third-order valence-electron chi connectivity index (χ3n) is 3.06. The van der Waals surface area contributed by atoms with E-state index in [1.807, 2.05) is 0 Å². The number of nitrogens with one attached hydrogen (secondary N) is 1. The average Bonchev–Trinajstić information content (AvgIpc) is 2.43. The maximum absolute atomic E-state index is 8.68. The van der Waals surface area contributed by atoms with Crippen molar-refractivity contribution in [1.29, 1.82) is 5.26 Å². The van der Waals surface area contributed by atoms with Gasteiger partial charge in [0.05, 0.1) is 12.5 Å². The predicted octanol–water partition coefficient (Wildman–Crippen LogP) is 1.36. The van der Waals surface area contributed by atoms with Crippen molar-refractivity contribution >= 4 is 0 Å². The summed E-state index contributed by atoms with van der Waals surface area (Å²) in [5, 5.41) is 12.1. The highest BCUT2D eigenvalue weighted by molar-refractivity contribution is 4.86. The molecular formula is C11H21N3. The van der Waals surface area contributed by atoms with Gasteiger partial charge in [-0.05, 0) is 32.9 Å². The molecule has 0 saturated carbocycles. The van der Waals surface area contributed by atoms with E-state index in [0.29, 0.717) is 18.5 Å². The summed E-state index contributed by atoms with van der Waals surface area (Å²) in [5.41, 5.74) is 0. The first kappa shape index (κ1) is 11.5. The van der Waals surface area contributed by atoms with Gasteiger partial charge in [-0.3, -0.25) is 4.90 Å². The van der Waals surface area contributed by atoms with Crippen LogP contribution in [0.5, 0.6) is 0 Å². The lowest BCUT2D eigenvalue weighted by Crippen LogP contribution is -2.41. The minimum Gasteiger partial charge on any atom is -0.312 e. The minimum atomic E-state index is 0.372. The van der Waals surface area contributed by atoms with E-state index >= 15 is 0 Å². The molecule has 0 aromatic heterocycles. The molecule has 1 fully saturated rings. The van der Waals surface area contributed by atoms with Gasteiger partial charge in [-0.15, -0.1) is 0 Å². The van der Waals surface area contributed by atoms with Gasteiger partial charge in [-0.25, -0.2) is 0 Å². The van der Waals surface area contributed by atoms with Gasteiger partial charge in [-0.1, -0.05) is 6.92 Å². The summed E-state index contributed by atoms with van der Waals surface area (Å²) in [6.07, 6.45) is 3.03. The molecule has 1 aliphatic heterocycles. The Hall–Kier alpha value is -0.590. The zero-order valence-electron chi connectivity index (χ0n) is 9.29. The highest BCUT2D eigenvalue weighted by atomic mass is 15.2. The molecule has 1 N–H and O–H groups in total. The van der Waals surface area contributed by atoms with E-state index in [9.17, 15) is 0 Å². The third kappa shape index (κ3) is 3.28. The molecule has 0 aliphatic carbocycles. The van der Waals surface area contributed by atoms with Crippen LogP contribution >= 0.6 is 0 Å². The predicted molar refractivity (Wildman–Crippen MR) is 58.0 cm³/mol. The Morgan fingerprint density at radius 3 is 3.07 bits per heavy atom. The van der Waals surface area contributed by atoms with Gasteiger partial charge in [0.15, 0.2) is 0 Å². The second-order valence-corrected chi connectivity index (χ2v) is 4.12. The van der Waals surface area contributed by atoms with Crippen LogP contribution in [0.2, 0.25) is 0 Å². The summed E-state index contributed by atoms with van der Waals surface area (Å²) >= 11 is 0. The van der Waals surface area contributed by atoms with Crippen LogP contribution in [0.25, 0.3) is 0 Å². The lowest BCUT2D eigenvalue weighted by atomic mass is 10.1. The molecule has 0 bridgehead atoms. The second-order valence-electron chi connectivity index (χ2n) is 4.12. The average molecular weight is 195 g/mol. The Balaban J connectivity index is 2.47. The molecule has 1 heterocycles. The van der Waals surface area contributed by atoms with Crippen molar-refractivity contribution in [3.8, 4) is 6.07 Å². The quantitative estimate of drug-likeness (QED) is 0.739. The van der Waals surface area contributed by atoms with Crippen LogP contribution in [0.3, 0.4) is 0 Å². The van der Waals surface area contributed by atoms with Crippen molar-refractivity contribution in [2.45, 2.75) is 45.2 Å². The number of nitrogens with zero attached hydrogens (tertiary/aromatic N) is 2. The monoisotopic (exact) mass is 195 g/mol. The third-order valence-corrected chi connectivity index (χ3v) is 3.06. The Morgan fingerprint density at radius 2 is 2.43 bits per heavy atom. The standard InChI is InChI=1S/C11H21N3/c1-3-10(2)14-8-4-7-13-11(9-14)5-6-12/h10-11,13H,3-5,7-9H2,1-2H3. The topological polar surface area (TPSA) is 39.1 Å². The fourth-order valence-electron chi connectivity index (χ4n) is 1.93. The van der Waals surface area contributed by atoms with E-state index < -0.39 is 0 Å². The number of nitriles is 1. The maximum Gasteiger partial charge on any atom is 0.0638 e. The molecule has 14 heavy (non-hydrogen) atoms. The van der Waals surface area contributed by atoms with Gasteiger partial charge in [0.25, 0.3) is 0 Å². The molecule has 2 atom stereocenters. The van der Waals surface area contributed by atoms with Crippen LogP contribution in [0.4, 0.5) is 0 Å². The molecule has 0 aromatic carbocycles. The van der Waals surface area contributed by atoms with Gasteiger partial charge in [0.1, 0.15) is 0 Å². The first-order chi connectivity index (χ1) is 6.77. The molecule has 3 heteroatoms. The van der Waals surface area contributed by atoms with Gasteiger partial charge < -0.3 is 5.32 Å². The molecule has 2 unspecified atom stereocenters. The fourth-order valence-corrected chi connectivity index (χ4v) is 1.93. The summed E-state index contributed by atoms with van der Waals surface area (Å²) in [6.45, 7) is 7.75. The van der Waals surface area contributed by atoms with Crippen molar-refractivity contribution in [3.63, 3.8) is 0 Å². The molecule has 0 aromatic rings. The first-order valence-corrected chi connectivity index (χ1v) is 5.62. The molecule has 0 amide bonds. The van der Waals surface area contributed by atoms with E-state index in [2.05, 4.69) is 30.1 Å². The molecule has 1 rings (SSSR count). The molecule has 1 aliphatic rings. The number of hydrogen-bond acceptors (Lipinski definition) is 3. The van der Waals surface area contributed by atoms with Crippen LogP contribution in [-0.2, 0) is 0 Å². The molecule has 80 valence electrons. The Kier molecular flexibility index (Phi) is 4.92. The second kappa shape index (κ2) is 6.00. The minimum absolute atomic E-state index is 0.372. The largest absolute Gasteiger partial charge is 0.312 e. The smallest absolute Gasteiger partial charge is 0.0638 e. The Labute approximate surface area is 87.1 Å². The van der Waals surface area contributed by atoms with E-state index in [4.69, 9.17) is 5.26 Å². The van der Waals surface area contributed by atoms with Crippen molar-refractivity contribution in [3.05, 3.63) is 0 Å². The number of hydrogen-bond donors (Lipinski definition) is 1. The van der Waals surface area contributed by atoms with Crippen molar-refractivity contribution in [2.24, 2.45) is 0 Å². The summed E-state index contributed by atoms with van der Waals surface area (Å²) in [7, 11) is 0. The van der Waals surface area contributed by atoms with Crippen LogP contribution < -0.4 is 5.32 Å². The molecular weight excluding hydrogens is 174 g/mol. The molecule has 0 spiro atoms. The van der Waals surface area contributed by atoms with Gasteiger partial charge in [0.2, 0.25) is 0 Å². The SMILES string of the molecule is CCC(C)N1CCCNC(CC#N)C1. The van der Waals surface area contributed by atoms with Crippen molar-refractivity contribution < 1.29 is 0 Å². The lowest BCUT2D eigenvalue weighted by molar-refractivity contribution is 0.201. The normalized spacial score (nSPS) is 26.5. The Bertz CT molecular complexity index is 197. The zero-order chi connectivity index (χ0) is 10.4. The summed E-state index contributed by atoms with van der Waals surface area (Å²) in [4.78, 5) is 2.50. The van der Waals surface area contributed by atoms with Gasteiger partial charge in [0, 0.05) is 18.6 Å². The van der Waals surface area contributed by atoms with Crippen LogP contribution in [0.15, 0.2) is 0 Å². The maximum atomic E-state index is 8.68. The molecule has 0 radical (unpaired) electrons. The van der Waals surface area contributed by atoms with Gasteiger partial charge >= 0.3 is 0 Å². The molecule has 3 nitrogen and oxygen atoms in total. The Morgan fingerprint density at radius 1 is 1.64 bits per heavy atom. The summed E-state index contributed by atoms with van der Waals surface area (Å²) in [6, 6.07) is 3.27. The van der Waals surface area contributed by atoms with Crippen LogP contribution in [0, 0.1) is 11.3 Å². The fraction of sp³-hybridized carbons (Fsp3) is 0.909. The van der Waals surface area contributed by atoms with E-state index in [1.54, 1.807) is 0 Å². The van der Waals surface area contributed by atoms with Crippen LogP contribution in [0.1, 0.15) is 33.1 Å². The van der Waals surface area contributed by atoms with Gasteiger partial charge in [-0.2, -0.15) is 5.26 Å². The lowest BCUT2D eigenvalue weighted by Gasteiger charge is -2.28. The van der Waals surface area contributed by atoms with E-state index in [0.717, 1.165) is 13.1 Å². The van der Waals surface area contributed by atoms with E-state index in [1.165, 1.54) is 19.4 Å². The van der Waals surface area contributed by atoms with Crippen molar-refractivity contribution in [1.82, 2.24) is 10.2 Å². The van der Waals surface area contributed by atoms with E-state index in [-0.39, 0.29) is 0 Å².